The molecule has 0 rings (SSSR count). The fourth-order valence-corrected chi connectivity index (χ4v) is 1.22. The molecule has 67 valence electrons. The minimum absolute atomic E-state index is 0.217. The van der Waals surface area contributed by atoms with Crippen molar-refractivity contribution in [3.8, 4) is 0 Å². The van der Waals surface area contributed by atoms with Gasteiger partial charge >= 0.3 is 6.41 Å². The van der Waals surface area contributed by atoms with Gasteiger partial charge in [-0.2, -0.15) is 0 Å². The fraction of sp³-hybridized carbons (Fsp3) is 0.500. The van der Waals surface area contributed by atoms with Gasteiger partial charge in [-0.05, 0) is 19.3 Å². The molecule has 1 N–H and O–H groups in total. The molecular formula is C10H16NO. The zero-order chi connectivity index (χ0) is 9.45. The number of nitrogens with one attached hydrogen (secondary N) is 1. The van der Waals surface area contributed by atoms with Crippen molar-refractivity contribution in [2.24, 2.45) is 0 Å². The van der Waals surface area contributed by atoms with Gasteiger partial charge in [0.2, 0.25) is 0 Å². The van der Waals surface area contributed by atoms with Crippen molar-refractivity contribution < 1.29 is 4.79 Å². The van der Waals surface area contributed by atoms with Crippen molar-refractivity contribution in [1.29, 1.82) is 0 Å². The van der Waals surface area contributed by atoms with E-state index in [4.69, 9.17) is 0 Å². The first-order valence-corrected chi connectivity index (χ1v) is 4.10. The molecule has 0 unspecified atom stereocenters. The molecule has 0 aromatic rings. The SMILES string of the molecule is C=CCC(CC)(CC=C)N[C]=O. The van der Waals surface area contributed by atoms with Gasteiger partial charge in [0.05, 0.1) is 0 Å². The van der Waals surface area contributed by atoms with Gasteiger partial charge in [0.25, 0.3) is 0 Å². The standard InChI is InChI=1S/C10H16NO/c1-4-7-10(6-3,8-5-2)11-9-12/h4-5H,1-2,6-8H2,3H3,(H,11,12). The lowest BCUT2D eigenvalue weighted by atomic mass is 9.88. The minimum Gasteiger partial charge on any atom is -0.342 e. The number of rotatable bonds is 7. The molecule has 0 aliphatic rings. The lowest BCUT2D eigenvalue weighted by Crippen LogP contribution is -2.43. The van der Waals surface area contributed by atoms with Crippen molar-refractivity contribution in [3.05, 3.63) is 25.3 Å². The number of hydrogen-bond donors (Lipinski definition) is 1. The third-order valence-electron chi connectivity index (χ3n) is 2.06. The smallest absolute Gasteiger partial charge is 0.309 e. The van der Waals surface area contributed by atoms with Crippen molar-refractivity contribution in [2.75, 3.05) is 0 Å². The van der Waals surface area contributed by atoms with Gasteiger partial charge in [0.15, 0.2) is 0 Å². The zero-order valence-electron chi connectivity index (χ0n) is 7.60. The quantitative estimate of drug-likeness (QED) is 0.454. The summed E-state index contributed by atoms with van der Waals surface area (Å²) >= 11 is 0. The molecule has 0 aromatic carbocycles. The first-order valence-electron chi connectivity index (χ1n) is 4.10. The molecule has 1 radical (unpaired) electrons. The molecule has 12 heavy (non-hydrogen) atoms. The van der Waals surface area contributed by atoms with Crippen LogP contribution in [0.2, 0.25) is 0 Å². The van der Waals surface area contributed by atoms with E-state index in [1.807, 2.05) is 6.92 Å². The van der Waals surface area contributed by atoms with Crippen LogP contribution in [0.15, 0.2) is 25.3 Å². The molecule has 0 saturated carbocycles. The van der Waals surface area contributed by atoms with Crippen LogP contribution in [0, 0.1) is 0 Å². The van der Waals surface area contributed by atoms with Gasteiger partial charge in [-0.15, -0.1) is 13.2 Å². The molecule has 0 aliphatic carbocycles. The maximum absolute atomic E-state index is 10.2. The normalized spacial score (nSPS) is 10.4. The molecule has 2 heteroatoms. The second-order valence-corrected chi connectivity index (χ2v) is 2.85. The molecule has 0 aromatic heterocycles. The van der Waals surface area contributed by atoms with Crippen LogP contribution in [0.1, 0.15) is 26.2 Å². The van der Waals surface area contributed by atoms with Crippen LogP contribution >= 0.6 is 0 Å². The highest BCUT2D eigenvalue weighted by atomic mass is 16.1. The first kappa shape index (κ1) is 11.0. The van der Waals surface area contributed by atoms with Crippen molar-refractivity contribution in [2.45, 2.75) is 31.7 Å². The van der Waals surface area contributed by atoms with Crippen LogP contribution in [-0.4, -0.2) is 11.9 Å². The summed E-state index contributed by atoms with van der Waals surface area (Å²) in [5.41, 5.74) is -0.217. The summed E-state index contributed by atoms with van der Waals surface area (Å²) in [4.78, 5) is 10.2. The van der Waals surface area contributed by atoms with E-state index in [0.29, 0.717) is 0 Å². The molecule has 0 atom stereocenters. The molecule has 1 amide bonds. The number of carbonyl (C=O) groups excluding carboxylic acids is 1. The summed E-state index contributed by atoms with van der Waals surface area (Å²) in [7, 11) is 0. The van der Waals surface area contributed by atoms with Crippen LogP contribution in [0.4, 0.5) is 0 Å². The summed E-state index contributed by atoms with van der Waals surface area (Å²) in [6.45, 7) is 9.33. The highest BCUT2D eigenvalue weighted by Gasteiger charge is 2.23. The summed E-state index contributed by atoms with van der Waals surface area (Å²) in [5, 5.41) is 2.70. The van der Waals surface area contributed by atoms with E-state index in [-0.39, 0.29) is 5.54 Å². The summed E-state index contributed by atoms with van der Waals surface area (Å²) in [6, 6.07) is 0. The minimum atomic E-state index is -0.217. The van der Waals surface area contributed by atoms with E-state index >= 15 is 0 Å². The lowest BCUT2D eigenvalue weighted by Gasteiger charge is -2.29. The van der Waals surface area contributed by atoms with E-state index in [9.17, 15) is 4.79 Å². The van der Waals surface area contributed by atoms with Gasteiger partial charge < -0.3 is 5.32 Å². The molecule has 0 aliphatic heterocycles. The first-order chi connectivity index (χ1) is 5.74. The molecule has 0 saturated heterocycles. The van der Waals surface area contributed by atoms with Crippen LogP contribution in [0.3, 0.4) is 0 Å². The Bertz CT molecular complexity index is 137. The molecule has 0 bridgehead atoms. The molecule has 0 fully saturated rings. The summed E-state index contributed by atoms with van der Waals surface area (Å²) < 4.78 is 0. The Morgan fingerprint density at radius 3 is 2.17 bits per heavy atom. The Kier molecular flexibility index (Phi) is 5.09. The van der Waals surface area contributed by atoms with E-state index in [0.717, 1.165) is 19.3 Å². The predicted molar refractivity (Wildman–Crippen MR) is 51.5 cm³/mol. The lowest BCUT2D eigenvalue weighted by molar-refractivity contribution is 0.361. The Morgan fingerprint density at radius 1 is 1.42 bits per heavy atom. The van der Waals surface area contributed by atoms with Crippen molar-refractivity contribution >= 4 is 6.41 Å². The average Bonchev–Trinajstić information content (AvgIpc) is 2.06. The second kappa shape index (κ2) is 5.58. The van der Waals surface area contributed by atoms with Crippen molar-refractivity contribution in [3.63, 3.8) is 0 Å². The monoisotopic (exact) mass is 166 g/mol. The molecule has 0 heterocycles. The second-order valence-electron chi connectivity index (χ2n) is 2.85. The summed E-state index contributed by atoms with van der Waals surface area (Å²) in [5.74, 6) is 0. The van der Waals surface area contributed by atoms with E-state index in [1.165, 1.54) is 0 Å². The number of hydrogen-bond acceptors (Lipinski definition) is 1. The number of amides is 1. The molecular weight excluding hydrogens is 150 g/mol. The summed E-state index contributed by atoms with van der Waals surface area (Å²) in [6.07, 6.45) is 7.71. The molecule has 0 spiro atoms. The van der Waals surface area contributed by atoms with Gasteiger partial charge in [-0.25, -0.2) is 0 Å². The van der Waals surface area contributed by atoms with E-state index < -0.39 is 0 Å². The van der Waals surface area contributed by atoms with Crippen LogP contribution in [-0.2, 0) is 4.79 Å². The third-order valence-corrected chi connectivity index (χ3v) is 2.06. The van der Waals surface area contributed by atoms with Gasteiger partial charge in [0.1, 0.15) is 0 Å². The maximum Gasteiger partial charge on any atom is 0.309 e. The van der Waals surface area contributed by atoms with Crippen LogP contribution in [0.5, 0.6) is 0 Å². The Morgan fingerprint density at radius 2 is 1.92 bits per heavy atom. The highest BCUT2D eigenvalue weighted by molar-refractivity contribution is 5.49. The average molecular weight is 166 g/mol. The van der Waals surface area contributed by atoms with Gasteiger partial charge in [-0.1, -0.05) is 19.1 Å². The van der Waals surface area contributed by atoms with Crippen LogP contribution < -0.4 is 5.32 Å². The third kappa shape index (κ3) is 2.91. The molecule has 2 nitrogen and oxygen atoms in total. The van der Waals surface area contributed by atoms with E-state index in [1.54, 1.807) is 18.6 Å². The zero-order valence-corrected chi connectivity index (χ0v) is 7.60. The van der Waals surface area contributed by atoms with Gasteiger partial charge in [-0.3, -0.25) is 4.79 Å². The van der Waals surface area contributed by atoms with E-state index in [2.05, 4.69) is 18.5 Å². The highest BCUT2D eigenvalue weighted by Crippen LogP contribution is 2.19. The topological polar surface area (TPSA) is 29.1 Å². The predicted octanol–water partition coefficient (Wildman–Crippen LogP) is 1.94. The Labute approximate surface area is 74.4 Å². The largest absolute Gasteiger partial charge is 0.342 e. The Balaban J connectivity index is 4.35. The van der Waals surface area contributed by atoms with Crippen molar-refractivity contribution in [1.82, 2.24) is 5.32 Å². The van der Waals surface area contributed by atoms with Crippen LogP contribution in [0.25, 0.3) is 0 Å². The fourth-order valence-electron chi connectivity index (χ4n) is 1.22. The van der Waals surface area contributed by atoms with Gasteiger partial charge in [0, 0.05) is 5.54 Å². The maximum atomic E-state index is 10.2. The Hall–Kier alpha value is -1.05.